The third-order valence-corrected chi connectivity index (χ3v) is 6.72. The minimum atomic E-state index is -4.41. The van der Waals surface area contributed by atoms with Crippen molar-refractivity contribution in [3.05, 3.63) is 58.4 Å². The summed E-state index contributed by atoms with van der Waals surface area (Å²) in [5.74, 6) is 0.851. The largest absolute Gasteiger partial charge is 0.416 e. The number of halogens is 3. The maximum absolute atomic E-state index is 13.4. The maximum atomic E-state index is 13.4. The van der Waals surface area contributed by atoms with E-state index in [9.17, 15) is 18.0 Å². The summed E-state index contributed by atoms with van der Waals surface area (Å²) in [5.41, 5.74) is 2.55. The molecule has 1 N–H and O–H groups in total. The van der Waals surface area contributed by atoms with Gasteiger partial charge in [-0.1, -0.05) is 12.1 Å². The van der Waals surface area contributed by atoms with Gasteiger partial charge in [-0.3, -0.25) is 9.78 Å². The topological polar surface area (TPSA) is 71.0 Å². The van der Waals surface area contributed by atoms with Crippen LogP contribution in [0.15, 0.2) is 30.5 Å². The molecule has 4 rings (SSSR count). The summed E-state index contributed by atoms with van der Waals surface area (Å²) in [7, 11) is 0. The lowest BCUT2D eigenvalue weighted by Gasteiger charge is -2.31. The van der Waals surface area contributed by atoms with Crippen LogP contribution in [0.3, 0.4) is 0 Å². The highest BCUT2D eigenvalue weighted by Crippen LogP contribution is 2.36. The SMILES string of the molecule is CC(=O)N1CCC(c2cnc3c(C)nnc(N[C@H](C)c4cccc(C(F)(F)F)c4C)c3c2)CC1. The highest BCUT2D eigenvalue weighted by Gasteiger charge is 2.33. The average molecular weight is 472 g/mol. The minimum Gasteiger partial charge on any atom is -0.361 e. The molecule has 34 heavy (non-hydrogen) atoms. The number of anilines is 1. The van der Waals surface area contributed by atoms with E-state index in [-0.39, 0.29) is 17.4 Å². The number of piperidine rings is 1. The number of carbonyl (C=O) groups excluding carboxylic acids is 1. The first-order valence-corrected chi connectivity index (χ1v) is 11.4. The number of nitrogens with zero attached hydrogens (tertiary/aromatic N) is 4. The van der Waals surface area contributed by atoms with Gasteiger partial charge in [-0.15, -0.1) is 5.10 Å². The zero-order valence-electron chi connectivity index (χ0n) is 19.7. The molecule has 0 radical (unpaired) electrons. The van der Waals surface area contributed by atoms with Gasteiger partial charge in [-0.2, -0.15) is 18.3 Å². The van der Waals surface area contributed by atoms with Crippen LogP contribution in [0.4, 0.5) is 19.0 Å². The number of aryl methyl sites for hydroxylation is 1. The Kier molecular flexibility index (Phi) is 6.47. The van der Waals surface area contributed by atoms with Crippen LogP contribution < -0.4 is 5.32 Å². The lowest BCUT2D eigenvalue weighted by molar-refractivity contribution is -0.138. The molecular weight excluding hydrogens is 443 g/mol. The lowest BCUT2D eigenvalue weighted by atomic mass is 9.89. The van der Waals surface area contributed by atoms with Gasteiger partial charge < -0.3 is 10.2 Å². The number of rotatable bonds is 4. The van der Waals surface area contributed by atoms with Crippen molar-refractivity contribution in [2.24, 2.45) is 0 Å². The Hall–Kier alpha value is -3.23. The van der Waals surface area contributed by atoms with Crippen LogP contribution in [0.25, 0.3) is 10.9 Å². The van der Waals surface area contributed by atoms with Crippen molar-refractivity contribution in [2.45, 2.75) is 58.7 Å². The van der Waals surface area contributed by atoms with Crippen molar-refractivity contribution in [1.29, 1.82) is 0 Å². The van der Waals surface area contributed by atoms with Gasteiger partial charge in [0.05, 0.1) is 22.8 Å². The second kappa shape index (κ2) is 9.19. The van der Waals surface area contributed by atoms with Crippen molar-refractivity contribution in [3.8, 4) is 0 Å². The van der Waals surface area contributed by atoms with Crippen LogP contribution >= 0.6 is 0 Å². The van der Waals surface area contributed by atoms with E-state index >= 15 is 0 Å². The molecule has 0 unspecified atom stereocenters. The average Bonchev–Trinajstić information content (AvgIpc) is 2.80. The minimum absolute atomic E-state index is 0.0892. The molecule has 0 spiro atoms. The van der Waals surface area contributed by atoms with Crippen molar-refractivity contribution in [2.75, 3.05) is 18.4 Å². The number of benzene rings is 1. The van der Waals surface area contributed by atoms with E-state index in [1.807, 2.05) is 31.0 Å². The zero-order valence-corrected chi connectivity index (χ0v) is 19.7. The van der Waals surface area contributed by atoms with Crippen LogP contribution in [-0.2, 0) is 11.0 Å². The molecule has 1 fully saturated rings. The van der Waals surface area contributed by atoms with Gasteiger partial charge in [0.15, 0.2) is 5.82 Å². The normalized spacial score (nSPS) is 16.0. The molecule has 1 amide bonds. The molecule has 9 heteroatoms. The Bertz CT molecular complexity index is 1220. The molecule has 2 aromatic heterocycles. The summed E-state index contributed by atoms with van der Waals surface area (Å²) in [6.45, 7) is 8.14. The molecule has 3 aromatic rings. The Morgan fingerprint density at radius 2 is 1.88 bits per heavy atom. The number of pyridine rings is 1. The van der Waals surface area contributed by atoms with Crippen LogP contribution in [0.5, 0.6) is 0 Å². The summed E-state index contributed by atoms with van der Waals surface area (Å²) in [5, 5.41) is 12.6. The molecule has 1 aromatic carbocycles. The molecular formula is C25H28F3N5O. The first kappa shape index (κ1) is 23.9. The number of aromatic nitrogens is 3. The predicted octanol–water partition coefficient (Wildman–Crippen LogP) is 5.56. The summed E-state index contributed by atoms with van der Waals surface area (Å²) < 4.78 is 40.2. The van der Waals surface area contributed by atoms with Gasteiger partial charge in [0.1, 0.15) is 0 Å². The first-order chi connectivity index (χ1) is 16.1. The second-order valence-electron chi connectivity index (χ2n) is 8.96. The van der Waals surface area contributed by atoms with Crippen molar-refractivity contribution < 1.29 is 18.0 Å². The molecule has 180 valence electrons. The third kappa shape index (κ3) is 4.69. The second-order valence-corrected chi connectivity index (χ2v) is 8.96. The molecule has 1 aliphatic rings. The highest BCUT2D eigenvalue weighted by atomic mass is 19.4. The Balaban J connectivity index is 1.65. The van der Waals surface area contributed by atoms with Crippen molar-refractivity contribution >= 4 is 22.6 Å². The summed E-state index contributed by atoms with van der Waals surface area (Å²) in [6.07, 6.45) is -0.845. The number of nitrogens with one attached hydrogen (secondary N) is 1. The summed E-state index contributed by atoms with van der Waals surface area (Å²) >= 11 is 0. The molecule has 1 aliphatic heterocycles. The van der Waals surface area contributed by atoms with E-state index in [0.717, 1.165) is 29.9 Å². The maximum Gasteiger partial charge on any atom is 0.416 e. The third-order valence-electron chi connectivity index (χ3n) is 6.72. The summed E-state index contributed by atoms with van der Waals surface area (Å²) in [6, 6.07) is 5.84. The Morgan fingerprint density at radius 3 is 2.53 bits per heavy atom. The van der Waals surface area contributed by atoms with Gasteiger partial charge in [0.25, 0.3) is 0 Å². The molecule has 0 aliphatic carbocycles. The Morgan fingerprint density at radius 1 is 1.18 bits per heavy atom. The van der Waals surface area contributed by atoms with Crippen LogP contribution in [0.1, 0.15) is 66.6 Å². The quantitative estimate of drug-likeness (QED) is 0.540. The number of fused-ring (bicyclic) bond motifs is 1. The van der Waals surface area contributed by atoms with E-state index in [0.29, 0.717) is 35.7 Å². The number of carbonyl (C=O) groups is 1. The van der Waals surface area contributed by atoms with Gasteiger partial charge in [0, 0.05) is 31.6 Å². The van der Waals surface area contributed by atoms with E-state index in [1.54, 1.807) is 13.0 Å². The van der Waals surface area contributed by atoms with Crippen molar-refractivity contribution in [3.63, 3.8) is 0 Å². The fourth-order valence-corrected chi connectivity index (χ4v) is 4.75. The van der Waals surface area contributed by atoms with Crippen molar-refractivity contribution in [1.82, 2.24) is 20.1 Å². The molecule has 0 bridgehead atoms. The fourth-order valence-electron chi connectivity index (χ4n) is 4.75. The lowest BCUT2D eigenvalue weighted by Crippen LogP contribution is -2.36. The monoisotopic (exact) mass is 471 g/mol. The molecule has 6 nitrogen and oxygen atoms in total. The van der Waals surface area contributed by atoms with E-state index in [1.165, 1.54) is 13.0 Å². The number of hydrogen-bond acceptors (Lipinski definition) is 5. The first-order valence-electron chi connectivity index (χ1n) is 11.4. The summed E-state index contributed by atoms with van der Waals surface area (Å²) in [4.78, 5) is 18.1. The van der Waals surface area contributed by atoms with Gasteiger partial charge in [-0.05, 0) is 68.4 Å². The van der Waals surface area contributed by atoms with E-state index in [4.69, 9.17) is 0 Å². The smallest absolute Gasteiger partial charge is 0.361 e. The van der Waals surface area contributed by atoms with E-state index < -0.39 is 17.8 Å². The number of hydrogen-bond donors (Lipinski definition) is 1. The Labute approximate surface area is 196 Å². The number of alkyl halides is 3. The number of amides is 1. The van der Waals surface area contributed by atoms with Crippen LogP contribution in [0, 0.1) is 13.8 Å². The standard InChI is InChI=1S/C25H28F3N5O/c1-14-20(6-5-7-22(14)25(26,27)28)15(2)30-24-21-12-19(13-29-23(21)16(3)31-32-24)18-8-10-33(11-9-18)17(4)34/h5-7,12-13,15,18H,8-11H2,1-4H3,(H,30,32)/t15-/m1/s1. The van der Waals surface area contributed by atoms with Crippen LogP contribution in [-0.4, -0.2) is 39.1 Å². The molecule has 1 saturated heterocycles. The number of likely N-dealkylation sites (tertiary alicyclic amines) is 1. The van der Waals surface area contributed by atoms with Gasteiger partial charge in [0.2, 0.25) is 5.91 Å². The fraction of sp³-hybridized carbons (Fsp3) is 0.440. The zero-order chi connectivity index (χ0) is 24.6. The predicted molar refractivity (Wildman–Crippen MR) is 125 cm³/mol. The molecule has 0 saturated carbocycles. The van der Waals surface area contributed by atoms with Gasteiger partial charge in [-0.25, -0.2) is 0 Å². The highest BCUT2D eigenvalue weighted by molar-refractivity contribution is 5.90. The van der Waals surface area contributed by atoms with Crippen LogP contribution in [0.2, 0.25) is 0 Å². The molecule has 1 atom stereocenters. The van der Waals surface area contributed by atoms with Gasteiger partial charge >= 0.3 is 6.18 Å². The van der Waals surface area contributed by atoms with E-state index in [2.05, 4.69) is 20.5 Å². The molecule has 3 heterocycles.